The predicted octanol–water partition coefficient (Wildman–Crippen LogP) is 2.56. The Morgan fingerprint density at radius 1 is 1.41 bits per heavy atom. The van der Waals surface area contributed by atoms with Crippen LogP contribution in [0.25, 0.3) is 0 Å². The Morgan fingerprint density at radius 2 is 2.00 bits per heavy atom. The van der Waals surface area contributed by atoms with Gasteiger partial charge in [-0.15, -0.1) is 0 Å². The third-order valence-corrected chi connectivity index (χ3v) is 2.31. The van der Waals surface area contributed by atoms with Gasteiger partial charge in [-0.2, -0.15) is 0 Å². The van der Waals surface area contributed by atoms with Crippen LogP contribution in [0, 0.1) is 0 Å². The fourth-order valence-electron chi connectivity index (χ4n) is 1.63. The number of amides is 1. The van der Waals surface area contributed by atoms with Crippen molar-refractivity contribution in [1.29, 1.82) is 0 Å². The molecular formula is C12H18N2O3. The molecule has 3 N–H and O–H groups in total. The molecule has 0 saturated carbocycles. The molecule has 94 valence electrons. The molecule has 1 amide bonds. The first-order chi connectivity index (χ1) is 7.77. The molecule has 0 aliphatic heterocycles. The van der Waals surface area contributed by atoms with E-state index in [-0.39, 0.29) is 0 Å². The maximum Gasteiger partial charge on any atom is 0.412 e. The Morgan fingerprint density at radius 3 is 2.41 bits per heavy atom. The molecule has 0 spiro atoms. The Bertz CT molecular complexity index is 424. The van der Waals surface area contributed by atoms with E-state index in [2.05, 4.69) is 0 Å². The molecule has 5 nitrogen and oxygen atoms in total. The highest BCUT2D eigenvalue weighted by Gasteiger charge is 2.30. The number of methoxy groups -OCH3 is 1. The maximum atomic E-state index is 11.4. The van der Waals surface area contributed by atoms with Gasteiger partial charge in [0.1, 0.15) is 5.75 Å². The molecule has 0 unspecified atom stereocenters. The standard InChI is InChI=1S/C12H18N2O3/c1-12(2,3)14(11(15)16)9-7-8(13)5-6-10(9)17-4/h5-7H,13H2,1-4H3,(H,15,16). The fourth-order valence-corrected chi connectivity index (χ4v) is 1.63. The SMILES string of the molecule is COc1ccc(N)cc1N(C(=O)O)C(C)(C)C. The van der Waals surface area contributed by atoms with Gasteiger partial charge in [-0.3, -0.25) is 4.90 Å². The lowest BCUT2D eigenvalue weighted by Crippen LogP contribution is -2.45. The largest absolute Gasteiger partial charge is 0.495 e. The zero-order valence-electron chi connectivity index (χ0n) is 10.5. The molecular weight excluding hydrogens is 220 g/mol. The zero-order chi connectivity index (χ0) is 13.2. The highest BCUT2D eigenvalue weighted by Crippen LogP contribution is 2.34. The number of ether oxygens (including phenoxy) is 1. The van der Waals surface area contributed by atoms with Crippen molar-refractivity contribution in [2.75, 3.05) is 17.7 Å². The highest BCUT2D eigenvalue weighted by molar-refractivity contribution is 5.90. The summed E-state index contributed by atoms with van der Waals surface area (Å²) in [5.41, 5.74) is 6.06. The van der Waals surface area contributed by atoms with Gasteiger partial charge in [0, 0.05) is 11.2 Å². The first kappa shape index (κ1) is 13.2. The second kappa shape index (κ2) is 4.53. The summed E-state index contributed by atoms with van der Waals surface area (Å²) in [6.07, 6.45) is -1.04. The van der Waals surface area contributed by atoms with E-state index >= 15 is 0 Å². The van der Waals surface area contributed by atoms with Crippen LogP contribution in [0.5, 0.6) is 5.75 Å². The van der Waals surface area contributed by atoms with Crippen molar-refractivity contribution in [2.24, 2.45) is 0 Å². The first-order valence-electron chi connectivity index (χ1n) is 5.24. The van der Waals surface area contributed by atoms with Crippen molar-refractivity contribution in [2.45, 2.75) is 26.3 Å². The fraction of sp³-hybridized carbons (Fsp3) is 0.417. The van der Waals surface area contributed by atoms with Gasteiger partial charge in [-0.25, -0.2) is 4.79 Å². The molecule has 0 saturated heterocycles. The van der Waals surface area contributed by atoms with E-state index in [0.29, 0.717) is 17.1 Å². The van der Waals surface area contributed by atoms with Gasteiger partial charge < -0.3 is 15.6 Å². The summed E-state index contributed by atoms with van der Waals surface area (Å²) < 4.78 is 5.17. The average molecular weight is 238 g/mol. The molecule has 1 rings (SSSR count). The number of hydrogen-bond acceptors (Lipinski definition) is 3. The molecule has 0 radical (unpaired) electrons. The second-order valence-electron chi connectivity index (χ2n) is 4.72. The van der Waals surface area contributed by atoms with Crippen molar-refractivity contribution in [3.63, 3.8) is 0 Å². The molecule has 0 bridgehead atoms. The number of nitrogen functional groups attached to an aromatic ring is 1. The Labute approximate surface area is 101 Å². The van der Waals surface area contributed by atoms with Crippen molar-refractivity contribution in [3.8, 4) is 5.75 Å². The van der Waals surface area contributed by atoms with Crippen LogP contribution in [0.3, 0.4) is 0 Å². The molecule has 1 aromatic rings. The number of carboxylic acid groups (broad SMARTS) is 1. The number of anilines is 2. The van der Waals surface area contributed by atoms with Crippen LogP contribution in [0.1, 0.15) is 20.8 Å². The Balaban J connectivity index is 3.37. The normalized spacial score (nSPS) is 11.1. The molecule has 5 heteroatoms. The number of nitrogens with two attached hydrogens (primary N) is 1. The van der Waals surface area contributed by atoms with Gasteiger partial charge in [0.15, 0.2) is 0 Å². The number of benzene rings is 1. The summed E-state index contributed by atoms with van der Waals surface area (Å²) >= 11 is 0. The number of hydrogen-bond donors (Lipinski definition) is 2. The van der Waals surface area contributed by atoms with Gasteiger partial charge in [-0.05, 0) is 39.0 Å². The highest BCUT2D eigenvalue weighted by atomic mass is 16.5. The van der Waals surface area contributed by atoms with E-state index in [1.54, 1.807) is 18.2 Å². The minimum absolute atomic E-state index is 0.451. The monoisotopic (exact) mass is 238 g/mol. The molecule has 17 heavy (non-hydrogen) atoms. The van der Waals surface area contributed by atoms with E-state index in [1.807, 2.05) is 20.8 Å². The molecule has 0 aliphatic rings. The third kappa shape index (κ3) is 2.81. The smallest absolute Gasteiger partial charge is 0.412 e. The van der Waals surface area contributed by atoms with Gasteiger partial charge in [-0.1, -0.05) is 0 Å². The van der Waals surface area contributed by atoms with Gasteiger partial charge in [0.2, 0.25) is 0 Å². The van der Waals surface area contributed by atoms with Crippen molar-refractivity contribution < 1.29 is 14.6 Å². The van der Waals surface area contributed by atoms with Crippen molar-refractivity contribution in [1.82, 2.24) is 0 Å². The molecule has 0 atom stereocenters. The molecule has 0 aromatic heterocycles. The summed E-state index contributed by atoms with van der Waals surface area (Å²) in [4.78, 5) is 12.6. The predicted molar refractivity (Wildman–Crippen MR) is 67.7 cm³/mol. The third-order valence-electron chi connectivity index (χ3n) is 2.31. The van der Waals surface area contributed by atoms with Gasteiger partial charge >= 0.3 is 6.09 Å². The van der Waals surface area contributed by atoms with Crippen LogP contribution in [0.2, 0.25) is 0 Å². The lowest BCUT2D eigenvalue weighted by molar-refractivity contribution is 0.195. The first-order valence-corrected chi connectivity index (χ1v) is 5.24. The molecule has 0 fully saturated rings. The quantitative estimate of drug-likeness (QED) is 0.776. The average Bonchev–Trinajstić information content (AvgIpc) is 2.15. The Kier molecular flexibility index (Phi) is 3.50. The maximum absolute atomic E-state index is 11.4. The van der Waals surface area contributed by atoms with Crippen LogP contribution in [-0.4, -0.2) is 23.8 Å². The zero-order valence-corrected chi connectivity index (χ0v) is 10.5. The number of nitrogens with zero attached hydrogens (tertiary/aromatic N) is 1. The van der Waals surface area contributed by atoms with Crippen LogP contribution >= 0.6 is 0 Å². The van der Waals surface area contributed by atoms with Crippen LogP contribution in [0.4, 0.5) is 16.2 Å². The summed E-state index contributed by atoms with van der Waals surface area (Å²) in [6.45, 7) is 5.43. The molecule has 0 aliphatic carbocycles. The summed E-state index contributed by atoms with van der Waals surface area (Å²) in [6, 6.07) is 4.93. The molecule has 1 aromatic carbocycles. The second-order valence-corrected chi connectivity index (χ2v) is 4.72. The van der Waals surface area contributed by atoms with Gasteiger partial charge in [0.05, 0.1) is 12.8 Å². The van der Waals surface area contributed by atoms with Gasteiger partial charge in [0.25, 0.3) is 0 Å². The summed E-state index contributed by atoms with van der Waals surface area (Å²) in [5.74, 6) is 0.483. The van der Waals surface area contributed by atoms with E-state index in [1.165, 1.54) is 12.0 Å². The van der Waals surface area contributed by atoms with Crippen LogP contribution in [-0.2, 0) is 0 Å². The summed E-state index contributed by atoms with van der Waals surface area (Å²) in [7, 11) is 1.50. The van der Waals surface area contributed by atoms with E-state index in [9.17, 15) is 9.90 Å². The number of rotatable bonds is 2. The van der Waals surface area contributed by atoms with E-state index < -0.39 is 11.6 Å². The molecule has 0 heterocycles. The van der Waals surface area contributed by atoms with E-state index in [4.69, 9.17) is 10.5 Å². The van der Waals surface area contributed by atoms with Crippen molar-refractivity contribution >= 4 is 17.5 Å². The van der Waals surface area contributed by atoms with E-state index in [0.717, 1.165) is 0 Å². The van der Waals surface area contributed by atoms with Crippen LogP contribution < -0.4 is 15.4 Å². The lowest BCUT2D eigenvalue weighted by Gasteiger charge is -2.34. The summed E-state index contributed by atoms with van der Waals surface area (Å²) in [5, 5.41) is 9.30. The number of carbonyl (C=O) groups is 1. The van der Waals surface area contributed by atoms with Crippen LogP contribution in [0.15, 0.2) is 18.2 Å². The Hall–Kier alpha value is -1.91. The lowest BCUT2D eigenvalue weighted by atomic mass is 10.0. The topological polar surface area (TPSA) is 75.8 Å². The van der Waals surface area contributed by atoms with Crippen molar-refractivity contribution in [3.05, 3.63) is 18.2 Å². The minimum atomic E-state index is -1.04. The minimum Gasteiger partial charge on any atom is -0.495 e.